The Bertz CT molecular complexity index is 128. The Hall–Kier alpha value is -0.0900. The van der Waals surface area contributed by atoms with Gasteiger partial charge in [-0.2, -0.15) is 0 Å². The van der Waals surface area contributed by atoms with E-state index in [0.29, 0.717) is 18.4 Å². The maximum atomic E-state index is 10.1. The Balaban J connectivity index is 2.12. The second-order valence-electron chi connectivity index (χ2n) is 2.31. The minimum Gasteiger partial charge on any atom is -0.481 e. The lowest BCUT2D eigenvalue weighted by molar-refractivity contribution is -0.137. The zero-order valence-electron chi connectivity index (χ0n) is 4.80. The SMILES string of the molecule is O=C(O)C[C@H]1CC1NBr. The largest absolute Gasteiger partial charge is 0.481 e. The summed E-state index contributed by atoms with van der Waals surface area (Å²) >= 11 is 3.06. The molecule has 0 radical (unpaired) electrons. The lowest BCUT2D eigenvalue weighted by Gasteiger charge is -1.90. The van der Waals surface area contributed by atoms with Crippen molar-refractivity contribution in [2.45, 2.75) is 18.9 Å². The summed E-state index contributed by atoms with van der Waals surface area (Å²) in [7, 11) is 0. The summed E-state index contributed by atoms with van der Waals surface area (Å²) in [6, 6.07) is 0.390. The van der Waals surface area contributed by atoms with Crippen LogP contribution in [0.4, 0.5) is 0 Å². The molecule has 2 N–H and O–H groups in total. The van der Waals surface area contributed by atoms with Gasteiger partial charge in [-0.3, -0.25) is 9.14 Å². The molecule has 0 aromatic rings. The van der Waals surface area contributed by atoms with Crippen LogP contribution in [0.15, 0.2) is 0 Å². The molecule has 3 nitrogen and oxygen atoms in total. The van der Waals surface area contributed by atoms with Gasteiger partial charge < -0.3 is 5.11 Å². The number of halogens is 1. The Morgan fingerprint density at radius 3 is 2.89 bits per heavy atom. The number of carboxylic acid groups (broad SMARTS) is 1. The second-order valence-corrected chi connectivity index (χ2v) is 2.77. The van der Waals surface area contributed by atoms with Gasteiger partial charge in [0, 0.05) is 28.6 Å². The van der Waals surface area contributed by atoms with Crippen molar-refractivity contribution in [2.75, 3.05) is 0 Å². The van der Waals surface area contributed by atoms with Crippen molar-refractivity contribution < 1.29 is 9.90 Å². The van der Waals surface area contributed by atoms with E-state index in [4.69, 9.17) is 5.11 Å². The van der Waals surface area contributed by atoms with Crippen LogP contribution in [0, 0.1) is 5.92 Å². The van der Waals surface area contributed by atoms with Gasteiger partial charge in [-0.05, 0) is 12.3 Å². The summed E-state index contributed by atoms with van der Waals surface area (Å²) < 4.78 is 2.84. The first-order valence-electron chi connectivity index (χ1n) is 2.82. The van der Waals surface area contributed by atoms with Gasteiger partial charge in [-0.1, -0.05) is 0 Å². The predicted molar refractivity (Wildman–Crippen MR) is 36.2 cm³/mol. The Morgan fingerprint density at radius 1 is 1.89 bits per heavy atom. The highest BCUT2D eigenvalue weighted by Gasteiger charge is 2.37. The molecule has 2 atom stereocenters. The molecule has 1 rings (SSSR count). The monoisotopic (exact) mass is 193 g/mol. The first-order valence-corrected chi connectivity index (χ1v) is 3.61. The fourth-order valence-electron chi connectivity index (χ4n) is 0.831. The predicted octanol–water partition coefficient (Wildman–Crippen LogP) is 0.749. The number of carbonyl (C=O) groups is 1. The van der Waals surface area contributed by atoms with Gasteiger partial charge in [0.25, 0.3) is 0 Å². The lowest BCUT2D eigenvalue weighted by Crippen LogP contribution is -2.06. The normalized spacial score (nSPS) is 32.1. The third kappa shape index (κ3) is 1.95. The van der Waals surface area contributed by atoms with Crippen LogP contribution in [0.5, 0.6) is 0 Å². The fourth-order valence-corrected chi connectivity index (χ4v) is 1.39. The van der Waals surface area contributed by atoms with Gasteiger partial charge in [0.1, 0.15) is 0 Å². The maximum Gasteiger partial charge on any atom is 0.303 e. The molecule has 1 unspecified atom stereocenters. The average Bonchev–Trinajstić information content (AvgIpc) is 2.45. The van der Waals surface area contributed by atoms with Gasteiger partial charge in [-0.15, -0.1) is 0 Å². The van der Waals surface area contributed by atoms with Gasteiger partial charge in [-0.25, -0.2) is 0 Å². The molecule has 1 fully saturated rings. The fraction of sp³-hybridized carbons (Fsp3) is 0.800. The van der Waals surface area contributed by atoms with Crippen molar-refractivity contribution in [1.29, 1.82) is 0 Å². The van der Waals surface area contributed by atoms with Crippen LogP contribution in [-0.2, 0) is 4.79 Å². The summed E-state index contributed by atoms with van der Waals surface area (Å²) in [4.78, 5) is 10.1. The number of hydrogen-bond donors (Lipinski definition) is 2. The van der Waals surface area contributed by atoms with Crippen molar-refractivity contribution in [3.63, 3.8) is 0 Å². The zero-order valence-corrected chi connectivity index (χ0v) is 6.39. The van der Waals surface area contributed by atoms with Crippen molar-refractivity contribution >= 4 is 22.1 Å². The molecule has 1 aliphatic rings. The van der Waals surface area contributed by atoms with E-state index in [0.717, 1.165) is 6.42 Å². The summed E-state index contributed by atoms with van der Waals surface area (Å²) in [6.07, 6.45) is 1.28. The average molecular weight is 194 g/mol. The quantitative estimate of drug-likeness (QED) is 0.651. The highest BCUT2D eigenvalue weighted by atomic mass is 79.9. The van der Waals surface area contributed by atoms with E-state index in [1.807, 2.05) is 0 Å². The zero-order chi connectivity index (χ0) is 6.85. The summed E-state index contributed by atoms with van der Waals surface area (Å²) in [5.74, 6) is -0.355. The molecule has 0 spiro atoms. The van der Waals surface area contributed by atoms with Gasteiger partial charge >= 0.3 is 5.97 Å². The molecular formula is C5H8BrNO2. The highest BCUT2D eigenvalue weighted by molar-refractivity contribution is 9.08. The third-order valence-corrected chi connectivity index (χ3v) is 2.09. The highest BCUT2D eigenvalue weighted by Crippen LogP contribution is 2.33. The summed E-state index contributed by atoms with van der Waals surface area (Å²) in [5.41, 5.74) is 0. The molecule has 0 bridgehead atoms. The van der Waals surface area contributed by atoms with Crippen LogP contribution >= 0.6 is 16.1 Å². The first kappa shape index (κ1) is 7.02. The van der Waals surface area contributed by atoms with Gasteiger partial charge in [0.15, 0.2) is 0 Å². The number of hydrogen-bond acceptors (Lipinski definition) is 2. The van der Waals surface area contributed by atoms with E-state index in [9.17, 15) is 4.79 Å². The van der Waals surface area contributed by atoms with E-state index in [1.54, 1.807) is 0 Å². The van der Waals surface area contributed by atoms with Crippen LogP contribution in [0.1, 0.15) is 12.8 Å². The van der Waals surface area contributed by atoms with Crippen molar-refractivity contribution in [3.8, 4) is 0 Å². The molecule has 0 aliphatic heterocycles. The molecular weight excluding hydrogens is 186 g/mol. The van der Waals surface area contributed by atoms with Crippen molar-refractivity contribution in [1.82, 2.24) is 4.34 Å². The van der Waals surface area contributed by atoms with Gasteiger partial charge in [0.05, 0.1) is 0 Å². The number of rotatable bonds is 3. The molecule has 9 heavy (non-hydrogen) atoms. The van der Waals surface area contributed by atoms with Crippen LogP contribution in [-0.4, -0.2) is 17.1 Å². The van der Waals surface area contributed by atoms with E-state index >= 15 is 0 Å². The first-order chi connectivity index (χ1) is 4.24. The van der Waals surface area contributed by atoms with Crippen LogP contribution < -0.4 is 4.34 Å². The van der Waals surface area contributed by atoms with Crippen LogP contribution in [0.25, 0.3) is 0 Å². The molecule has 1 aliphatic carbocycles. The standard InChI is InChI=1S/C5H8BrNO2/c6-7-4-1-3(4)2-5(8)9/h3-4,7H,1-2H2,(H,8,9)/t3-,4?/m1/s1. The topological polar surface area (TPSA) is 49.3 Å². The van der Waals surface area contributed by atoms with E-state index in [2.05, 4.69) is 20.5 Å². The van der Waals surface area contributed by atoms with Crippen molar-refractivity contribution in [2.24, 2.45) is 5.92 Å². The smallest absolute Gasteiger partial charge is 0.303 e. The molecule has 0 aromatic heterocycles. The van der Waals surface area contributed by atoms with Crippen LogP contribution in [0.3, 0.4) is 0 Å². The molecule has 0 heterocycles. The summed E-state index contributed by atoms with van der Waals surface area (Å²) in [6.45, 7) is 0. The number of nitrogens with one attached hydrogen (secondary N) is 1. The number of aliphatic carboxylic acids is 1. The molecule has 52 valence electrons. The Morgan fingerprint density at radius 2 is 2.56 bits per heavy atom. The third-order valence-electron chi connectivity index (χ3n) is 1.50. The molecule has 4 heteroatoms. The van der Waals surface area contributed by atoms with Gasteiger partial charge in [0.2, 0.25) is 0 Å². The van der Waals surface area contributed by atoms with Crippen molar-refractivity contribution in [3.05, 3.63) is 0 Å². The molecule has 0 saturated heterocycles. The lowest BCUT2D eigenvalue weighted by atomic mass is 10.3. The minimum atomic E-state index is -0.703. The molecule has 0 aromatic carbocycles. The molecule has 1 saturated carbocycles. The Kier molecular flexibility index (Phi) is 2.08. The minimum absolute atomic E-state index is 0.295. The Labute approximate surface area is 61.8 Å². The maximum absolute atomic E-state index is 10.1. The summed E-state index contributed by atoms with van der Waals surface area (Å²) in [5, 5.41) is 8.29. The molecule has 0 amide bonds. The van der Waals surface area contributed by atoms with Crippen LogP contribution in [0.2, 0.25) is 0 Å². The van der Waals surface area contributed by atoms with E-state index < -0.39 is 5.97 Å². The second kappa shape index (κ2) is 2.66. The van der Waals surface area contributed by atoms with E-state index in [1.165, 1.54) is 0 Å². The number of carboxylic acids is 1. The van der Waals surface area contributed by atoms with E-state index in [-0.39, 0.29) is 0 Å².